The number of hydrogen-bond donors (Lipinski definition) is 3. The second-order valence-corrected chi connectivity index (χ2v) is 15.3. The number of carbonyl (C=O) groups excluding carboxylic acids is 2. The zero-order chi connectivity index (χ0) is 33.6. The second kappa shape index (κ2) is 12.9. The van der Waals surface area contributed by atoms with E-state index in [1.165, 1.54) is 7.11 Å². The first-order valence-electron chi connectivity index (χ1n) is 15.5. The van der Waals surface area contributed by atoms with Gasteiger partial charge in [-0.2, -0.15) is 0 Å². The quantitative estimate of drug-likeness (QED) is 0.338. The summed E-state index contributed by atoms with van der Waals surface area (Å²) in [5.41, 5.74) is 3.57. The zero-order valence-electron chi connectivity index (χ0n) is 27.8. The molecule has 0 radical (unpaired) electrons. The third-order valence-corrected chi connectivity index (χ3v) is 9.55. The van der Waals surface area contributed by atoms with Crippen molar-refractivity contribution in [2.24, 2.45) is 7.05 Å². The number of carbonyl (C=O) groups is 2. The molecule has 13 heteroatoms. The molecule has 1 aromatic heterocycles. The Morgan fingerprint density at radius 1 is 1.04 bits per heavy atom. The van der Waals surface area contributed by atoms with E-state index in [0.717, 1.165) is 41.4 Å². The van der Waals surface area contributed by atoms with Crippen molar-refractivity contribution in [1.29, 1.82) is 0 Å². The maximum atomic E-state index is 13.8. The van der Waals surface area contributed by atoms with Gasteiger partial charge < -0.3 is 24.6 Å². The van der Waals surface area contributed by atoms with Gasteiger partial charge in [-0.25, -0.2) is 8.42 Å². The van der Waals surface area contributed by atoms with Crippen LogP contribution in [0.1, 0.15) is 48.8 Å². The number of likely N-dealkylation sites (N-methyl/N-ethyl adjacent to an activating group) is 1. The van der Waals surface area contributed by atoms with E-state index in [0.29, 0.717) is 44.0 Å². The Morgan fingerprint density at radius 2 is 1.72 bits per heavy atom. The normalized spacial score (nSPS) is 19.9. The molecule has 2 amide bonds. The number of fused-ring (bicyclic) bond motifs is 1. The highest BCUT2D eigenvalue weighted by molar-refractivity contribution is 7.92. The number of para-hydroxylation sites is 1. The van der Waals surface area contributed by atoms with Crippen LogP contribution in [0, 0.1) is 0 Å². The van der Waals surface area contributed by atoms with E-state index in [-0.39, 0.29) is 34.7 Å². The Bertz CT molecular complexity index is 1740. The number of ether oxygens (including phenoxy) is 1. The number of aryl methyl sites for hydroxylation is 1. The van der Waals surface area contributed by atoms with Crippen molar-refractivity contribution in [3.05, 3.63) is 53.2 Å². The third-order valence-electron chi connectivity index (χ3n) is 8.96. The molecule has 250 valence electrons. The number of methoxy groups -OCH3 is 1. The fourth-order valence-corrected chi connectivity index (χ4v) is 7.07. The SMILES string of the molecule is COc1c(NC(=O)c2cc3cccc(CN4CCN(C(=O)C5CC(O)CN5C)CC4)c3n2C)cc(C(C)(C)C)cc1NS(C)(=O)=O. The number of anilines is 2. The number of hydrogen-bond acceptors (Lipinski definition) is 8. The number of amides is 2. The molecule has 2 fully saturated rings. The van der Waals surface area contributed by atoms with Crippen molar-refractivity contribution < 1.29 is 27.9 Å². The van der Waals surface area contributed by atoms with Crippen molar-refractivity contribution >= 4 is 44.1 Å². The van der Waals surface area contributed by atoms with Crippen molar-refractivity contribution in [2.45, 2.75) is 51.3 Å². The van der Waals surface area contributed by atoms with Crippen molar-refractivity contribution in [3.8, 4) is 5.75 Å². The number of aliphatic hydroxyl groups is 1. The van der Waals surface area contributed by atoms with Gasteiger partial charge in [0.25, 0.3) is 5.91 Å². The minimum absolute atomic E-state index is 0.0859. The molecule has 46 heavy (non-hydrogen) atoms. The molecular formula is C33H46N6O6S. The van der Waals surface area contributed by atoms with Crippen LogP contribution in [0.5, 0.6) is 5.75 Å². The molecule has 2 unspecified atom stereocenters. The molecule has 2 aromatic carbocycles. The lowest BCUT2D eigenvalue weighted by molar-refractivity contribution is -0.137. The third kappa shape index (κ3) is 7.17. The summed E-state index contributed by atoms with van der Waals surface area (Å²) in [5, 5.41) is 13.9. The zero-order valence-corrected chi connectivity index (χ0v) is 28.6. The average molecular weight is 655 g/mol. The Labute approximate surface area is 271 Å². The highest BCUT2D eigenvalue weighted by atomic mass is 32.2. The van der Waals surface area contributed by atoms with E-state index < -0.39 is 16.1 Å². The van der Waals surface area contributed by atoms with Crippen LogP contribution in [-0.2, 0) is 33.8 Å². The van der Waals surface area contributed by atoms with Crippen LogP contribution < -0.4 is 14.8 Å². The number of aromatic nitrogens is 1. The summed E-state index contributed by atoms with van der Waals surface area (Å²) < 4.78 is 34.3. The van der Waals surface area contributed by atoms with Crippen LogP contribution in [-0.4, -0.2) is 110 Å². The summed E-state index contributed by atoms with van der Waals surface area (Å²) in [6.45, 7) is 9.92. The fourth-order valence-electron chi connectivity index (χ4n) is 6.52. The van der Waals surface area contributed by atoms with Crippen molar-refractivity contribution in [2.75, 3.05) is 63.2 Å². The van der Waals surface area contributed by atoms with E-state index in [4.69, 9.17) is 4.74 Å². The smallest absolute Gasteiger partial charge is 0.272 e. The summed E-state index contributed by atoms with van der Waals surface area (Å²) in [6, 6.07) is 11.2. The van der Waals surface area contributed by atoms with Gasteiger partial charge in [0.15, 0.2) is 5.75 Å². The van der Waals surface area contributed by atoms with Crippen LogP contribution in [0.15, 0.2) is 36.4 Å². The molecule has 3 heterocycles. The largest absolute Gasteiger partial charge is 0.492 e. The topological polar surface area (TPSA) is 136 Å². The molecule has 2 atom stereocenters. The van der Waals surface area contributed by atoms with E-state index in [2.05, 4.69) is 21.0 Å². The van der Waals surface area contributed by atoms with Crippen molar-refractivity contribution in [3.63, 3.8) is 0 Å². The first-order valence-corrected chi connectivity index (χ1v) is 17.4. The van der Waals surface area contributed by atoms with Gasteiger partial charge in [-0.05, 0) is 48.2 Å². The van der Waals surface area contributed by atoms with Gasteiger partial charge in [0.05, 0.1) is 42.4 Å². The van der Waals surface area contributed by atoms with Gasteiger partial charge in [0, 0.05) is 51.7 Å². The lowest BCUT2D eigenvalue weighted by Crippen LogP contribution is -2.52. The van der Waals surface area contributed by atoms with Crippen LogP contribution in [0.25, 0.3) is 10.9 Å². The molecule has 2 saturated heterocycles. The molecular weight excluding hydrogens is 608 g/mol. The second-order valence-electron chi connectivity index (χ2n) is 13.6. The van der Waals surface area contributed by atoms with Gasteiger partial charge in [-0.15, -0.1) is 0 Å². The lowest BCUT2D eigenvalue weighted by Gasteiger charge is -2.37. The number of benzene rings is 2. The number of likely N-dealkylation sites (tertiary alicyclic amines) is 1. The summed E-state index contributed by atoms with van der Waals surface area (Å²) in [6.07, 6.45) is 1.10. The molecule has 2 aliphatic rings. The number of aliphatic hydroxyl groups excluding tert-OH is 1. The van der Waals surface area contributed by atoms with Crippen LogP contribution >= 0.6 is 0 Å². The van der Waals surface area contributed by atoms with Crippen molar-refractivity contribution in [1.82, 2.24) is 19.3 Å². The molecule has 3 aromatic rings. The maximum Gasteiger partial charge on any atom is 0.272 e. The maximum absolute atomic E-state index is 13.8. The number of rotatable bonds is 8. The standard InChI is InChI=1S/C33H46N6O6S/c1-33(2,3)23-16-25(30(45-6)26(17-23)35-46(7,43)44)34-31(41)27-15-21-9-8-10-22(29(21)37(27)5)19-38-11-13-39(14-12-38)32(42)28-18-24(40)20-36(28)4/h8-10,15-17,24,28,35,40H,11-14,18-20H2,1-7H3,(H,34,41). The minimum Gasteiger partial charge on any atom is -0.492 e. The first kappa shape index (κ1) is 33.7. The number of nitrogens with one attached hydrogen (secondary N) is 2. The number of nitrogens with zero attached hydrogens (tertiary/aromatic N) is 4. The molecule has 0 aliphatic carbocycles. The molecule has 0 spiro atoms. The van der Waals surface area contributed by atoms with Gasteiger partial charge >= 0.3 is 0 Å². The number of sulfonamides is 1. The molecule has 2 aliphatic heterocycles. The van der Waals surface area contributed by atoms with Crippen LogP contribution in [0.3, 0.4) is 0 Å². The highest BCUT2D eigenvalue weighted by Crippen LogP contribution is 2.39. The number of piperazine rings is 1. The van der Waals surface area contributed by atoms with E-state index in [9.17, 15) is 23.1 Å². The van der Waals surface area contributed by atoms with Gasteiger partial charge in [0.2, 0.25) is 15.9 Å². The highest BCUT2D eigenvalue weighted by Gasteiger charge is 2.37. The van der Waals surface area contributed by atoms with Gasteiger partial charge in [-0.3, -0.25) is 24.1 Å². The van der Waals surface area contributed by atoms with Gasteiger partial charge in [0.1, 0.15) is 5.69 Å². The summed E-state index contributed by atoms with van der Waals surface area (Å²) in [4.78, 5) is 33.0. The van der Waals surface area contributed by atoms with Crippen LogP contribution in [0.2, 0.25) is 0 Å². The van der Waals surface area contributed by atoms with Gasteiger partial charge in [-0.1, -0.05) is 39.0 Å². The van der Waals surface area contributed by atoms with E-state index >= 15 is 0 Å². The Morgan fingerprint density at radius 3 is 2.30 bits per heavy atom. The van der Waals surface area contributed by atoms with Crippen LogP contribution in [0.4, 0.5) is 11.4 Å². The average Bonchev–Trinajstić information content (AvgIpc) is 3.49. The monoisotopic (exact) mass is 654 g/mol. The first-order chi connectivity index (χ1) is 21.6. The Balaban J connectivity index is 1.35. The predicted molar refractivity (Wildman–Crippen MR) is 180 cm³/mol. The Kier molecular flexibility index (Phi) is 9.42. The van der Waals surface area contributed by atoms with E-state index in [1.54, 1.807) is 6.07 Å². The predicted octanol–water partition coefficient (Wildman–Crippen LogP) is 2.82. The van der Waals surface area contributed by atoms with E-state index in [1.807, 2.05) is 73.5 Å². The lowest BCUT2D eigenvalue weighted by atomic mass is 9.86. The molecule has 0 bridgehead atoms. The number of β-amino-alcohol motifs (C(OH)–C–C–N with tert-alkyl or cyclic N) is 1. The fraction of sp³-hybridized carbons (Fsp3) is 0.515. The molecule has 3 N–H and O–H groups in total. The summed E-state index contributed by atoms with van der Waals surface area (Å²) in [7, 11) is 1.58. The Hall–Kier alpha value is -3.65. The molecule has 0 saturated carbocycles. The molecule has 12 nitrogen and oxygen atoms in total. The molecule has 5 rings (SSSR count). The summed E-state index contributed by atoms with van der Waals surface area (Å²) >= 11 is 0. The summed E-state index contributed by atoms with van der Waals surface area (Å²) in [5.74, 6) is -0.0455. The minimum atomic E-state index is -3.61.